The number of aliphatic carboxylic acids is 1. The standard InChI is InChI=1S/C29H37N3O4/c30-24-14-12-21(13-15-24)20-8-10-22(11-9-20)28(35)27(31)25-17-23(18-26(33)34)29(36)32(25)16-4-7-19-5-2-1-3-6-19/h1-3,5-6,8-11,21,23-25,27H,4,7,12-18,30-31H2,(H,33,34)/t21-,23-,24+,25-,27?/m0/s1. The van der Waals surface area contributed by atoms with E-state index in [1.807, 2.05) is 54.6 Å². The summed E-state index contributed by atoms with van der Waals surface area (Å²) < 4.78 is 0. The number of carbonyl (C=O) groups excluding carboxylic acids is 2. The maximum Gasteiger partial charge on any atom is 0.304 e. The number of nitrogens with zero attached hydrogens (tertiary/aromatic N) is 1. The van der Waals surface area contributed by atoms with Gasteiger partial charge >= 0.3 is 5.97 Å². The lowest BCUT2D eigenvalue weighted by Gasteiger charge is -2.29. The molecule has 2 fully saturated rings. The van der Waals surface area contributed by atoms with Crippen molar-refractivity contribution in [3.63, 3.8) is 0 Å². The van der Waals surface area contributed by atoms with Gasteiger partial charge < -0.3 is 21.5 Å². The molecule has 2 aliphatic rings. The normalized spacial score (nSPS) is 25.1. The molecule has 1 unspecified atom stereocenters. The zero-order valence-corrected chi connectivity index (χ0v) is 20.7. The van der Waals surface area contributed by atoms with Crippen LogP contribution in [0.15, 0.2) is 54.6 Å². The Morgan fingerprint density at radius 2 is 1.67 bits per heavy atom. The van der Waals surface area contributed by atoms with Crippen molar-refractivity contribution in [2.24, 2.45) is 17.4 Å². The number of hydrogen-bond donors (Lipinski definition) is 3. The summed E-state index contributed by atoms with van der Waals surface area (Å²) in [5, 5.41) is 9.29. The number of benzene rings is 2. The monoisotopic (exact) mass is 491 g/mol. The smallest absolute Gasteiger partial charge is 0.304 e. The van der Waals surface area contributed by atoms with E-state index in [1.165, 1.54) is 11.1 Å². The SMILES string of the molecule is NC(C(=O)c1ccc([C@H]2CC[C@@H](N)CC2)cc1)[C@@H]1C[C@@H](CC(=O)O)C(=O)N1CCCc1ccccc1. The molecule has 1 saturated heterocycles. The summed E-state index contributed by atoms with van der Waals surface area (Å²) in [5.74, 6) is -1.63. The molecular formula is C29H37N3O4. The summed E-state index contributed by atoms with van der Waals surface area (Å²) in [6.45, 7) is 0.443. The number of likely N-dealkylation sites (tertiary alicyclic amines) is 1. The largest absolute Gasteiger partial charge is 0.481 e. The Balaban J connectivity index is 1.44. The first-order valence-corrected chi connectivity index (χ1v) is 13.0. The fraction of sp³-hybridized carbons (Fsp3) is 0.483. The molecule has 1 amide bonds. The molecule has 1 aliphatic carbocycles. The van der Waals surface area contributed by atoms with E-state index in [4.69, 9.17) is 11.5 Å². The Kier molecular flexibility index (Phi) is 8.54. The fourth-order valence-electron chi connectivity index (χ4n) is 5.75. The molecule has 0 bridgehead atoms. The van der Waals surface area contributed by atoms with Gasteiger partial charge in [0.1, 0.15) is 0 Å². The molecule has 1 heterocycles. The van der Waals surface area contributed by atoms with Crippen molar-refractivity contribution in [3.8, 4) is 0 Å². The summed E-state index contributed by atoms with van der Waals surface area (Å²) >= 11 is 0. The first-order valence-electron chi connectivity index (χ1n) is 13.0. The second-order valence-corrected chi connectivity index (χ2v) is 10.3. The Hall–Kier alpha value is -3.03. The lowest BCUT2D eigenvalue weighted by atomic mass is 9.81. The summed E-state index contributed by atoms with van der Waals surface area (Å²) in [7, 11) is 0. The molecular weight excluding hydrogens is 454 g/mol. The van der Waals surface area contributed by atoms with Crippen LogP contribution < -0.4 is 11.5 Å². The molecule has 7 heteroatoms. The molecule has 1 aliphatic heterocycles. The van der Waals surface area contributed by atoms with Gasteiger partial charge in [-0.15, -0.1) is 0 Å². The van der Waals surface area contributed by atoms with Crippen molar-refractivity contribution in [1.82, 2.24) is 4.90 Å². The van der Waals surface area contributed by atoms with Gasteiger partial charge in [-0.3, -0.25) is 14.4 Å². The maximum atomic E-state index is 13.3. The van der Waals surface area contributed by atoms with Crippen molar-refractivity contribution < 1.29 is 19.5 Å². The summed E-state index contributed by atoms with van der Waals surface area (Å²) in [6.07, 6.45) is 5.69. The van der Waals surface area contributed by atoms with Crippen molar-refractivity contribution >= 4 is 17.7 Å². The van der Waals surface area contributed by atoms with E-state index in [2.05, 4.69) is 0 Å². The van der Waals surface area contributed by atoms with Gasteiger partial charge in [0.2, 0.25) is 5.91 Å². The van der Waals surface area contributed by atoms with Gasteiger partial charge in [-0.25, -0.2) is 0 Å². The third-order valence-electron chi connectivity index (χ3n) is 7.84. The van der Waals surface area contributed by atoms with Crippen LogP contribution in [0.3, 0.4) is 0 Å². The van der Waals surface area contributed by atoms with E-state index in [0.29, 0.717) is 24.4 Å². The molecule has 5 N–H and O–H groups in total. The molecule has 3 atom stereocenters. The molecule has 7 nitrogen and oxygen atoms in total. The van der Waals surface area contributed by atoms with E-state index in [-0.39, 0.29) is 30.6 Å². The predicted molar refractivity (Wildman–Crippen MR) is 139 cm³/mol. The predicted octanol–water partition coefficient (Wildman–Crippen LogP) is 3.51. The highest BCUT2D eigenvalue weighted by Gasteiger charge is 2.44. The topological polar surface area (TPSA) is 127 Å². The van der Waals surface area contributed by atoms with Crippen LogP contribution in [0.1, 0.15) is 72.3 Å². The molecule has 2 aromatic rings. The molecule has 192 valence electrons. The minimum Gasteiger partial charge on any atom is -0.481 e. The van der Waals surface area contributed by atoms with E-state index in [1.54, 1.807) is 4.90 Å². The van der Waals surface area contributed by atoms with Crippen LogP contribution in [0.25, 0.3) is 0 Å². The summed E-state index contributed by atoms with van der Waals surface area (Å²) in [6, 6.07) is 16.5. The van der Waals surface area contributed by atoms with Gasteiger partial charge in [0.05, 0.1) is 24.4 Å². The van der Waals surface area contributed by atoms with Gasteiger partial charge in [0.25, 0.3) is 0 Å². The van der Waals surface area contributed by atoms with Crippen LogP contribution >= 0.6 is 0 Å². The molecule has 0 aromatic heterocycles. The van der Waals surface area contributed by atoms with Gasteiger partial charge in [-0.05, 0) is 62.0 Å². The lowest BCUT2D eigenvalue weighted by Crippen LogP contribution is -2.50. The van der Waals surface area contributed by atoms with Gasteiger partial charge in [-0.1, -0.05) is 54.6 Å². The molecule has 2 aromatic carbocycles. The average Bonchev–Trinajstić information content (AvgIpc) is 3.18. The van der Waals surface area contributed by atoms with Crippen LogP contribution in [-0.4, -0.2) is 52.3 Å². The highest BCUT2D eigenvalue weighted by atomic mass is 16.4. The second-order valence-electron chi connectivity index (χ2n) is 10.3. The Bertz CT molecular complexity index is 1050. The zero-order valence-electron chi connectivity index (χ0n) is 20.7. The number of amides is 1. The number of Topliss-reactive ketones (excluding diaryl/α,β-unsaturated/α-hetero) is 1. The number of ketones is 1. The molecule has 36 heavy (non-hydrogen) atoms. The third kappa shape index (κ3) is 6.20. The third-order valence-corrected chi connectivity index (χ3v) is 7.84. The second kappa shape index (κ2) is 11.8. The van der Waals surface area contributed by atoms with Crippen molar-refractivity contribution in [1.29, 1.82) is 0 Å². The number of carboxylic acid groups (broad SMARTS) is 1. The molecule has 1 saturated carbocycles. The average molecular weight is 492 g/mol. The fourth-order valence-corrected chi connectivity index (χ4v) is 5.75. The van der Waals surface area contributed by atoms with Crippen molar-refractivity contribution in [2.75, 3.05) is 6.54 Å². The van der Waals surface area contributed by atoms with Crippen LogP contribution in [-0.2, 0) is 16.0 Å². The number of hydrogen-bond acceptors (Lipinski definition) is 5. The first kappa shape index (κ1) is 26.0. The number of nitrogens with two attached hydrogens (primary N) is 2. The van der Waals surface area contributed by atoms with Crippen LogP contribution in [0.5, 0.6) is 0 Å². The van der Waals surface area contributed by atoms with Gasteiger partial charge in [0, 0.05) is 18.2 Å². The Morgan fingerprint density at radius 3 is 2.31 bits per heavy atom. The van der Waals surface area contributed by atoms with E-state index < -0.39 is 24.0 Å². The van der Waals surface area contributed by atoms with Crippen molar-refractivity contribution in [2.45, 2.75) is 75.4 Å². The molecule has 4 rings (SSSR count). The van der Waals surface area contributed by atoms with Crippen LogP contribution in [0.4, 0.5) is 0 Å². The Labute approximate surface area is 212 Å². The molecule has 0 radical (unpaired) electrons. The highest BCUT2D eigenvalue weighted by molar-refractivity contribution is 6.01. The number of rotatable bonds is 10. The minimum atomic E-state index is -1.02. The number of carboxylic acids is 1. The number of carbonyl (C=O) groups is 3. The minimum absolute atomic E-state index is 0.214. The van der Waals surface area contributed by atoms with Crippen molar-refractivity contribution in [3.05, 3.63) is 71.3 Å². The van der Waals surface area contributed by atoms with Gasteiger partial charge in [0.15, 0.2) is 5.78 Å². The lowest BCUT2D eigenvalue weighted by molar-refractivity contribution is -0.142. The van der Waals surface area contributed by atoms with Gasteiger partial charge in [-0.2, -0.15) is 0 Å². The van der Waals surface area contributed by atoms with E-state index in [9.17, 15) is 19.5 Å². The van der Waals surface area contributed by atoms with E-state index >= 15 is 0 Å². The number of aryl methyl sites for hydroxylation is 1. The summed E-state index contributed by atoms with van der Waals surface area (Å²) in [5.41, 5.74) is 15.4. The first-order chi connectivity index (χ1) is 17.3. The Morgan fingerprint density at radius 1 is 1.00 bits per heavy atom. The highest BCUT2D eigenvalue weighted by Crippen LogP contribution is 2.33. The zero-order chi connectivity index (χ0) is 25.7. The van der Waals surface area contributed by atoms with Crippen LogP contribution in [0, 0.1) is 5.92 Å². The van der Waals surface area contributed by atoms with Crippen LogP contribution in [0.2, 0.25) is 0 Å². The summed E-state index contributed by atoms with van der Waals surface area (Å²) in [4.78, 5) is 39.4. The quantitative estimate of drug-likeness (QED) is 0.437. The maximum absolute atomic E-state index is 13.3. The van der Waals surface area contributed by atoms with E-state index in [0.717, 1.165) is 32.1 Å². The molecule has 0 spiro atoms.